The maximum atomic E-state index is 14.2. The molecule has 58 heavy (non-hydrogen) atoms. The fourth-order valence-corrected chi connectivity index (χ4v) is 4.23. The van der Waals surface area contributed by atoms with Gasteiger partial charge in [-0.3, -0.25) is 9.59 Å². The molecule has 4 aromatic rings. The molecule has 0 saturated carbocycles. The van der Waals surface area contributed by atoms with Gasteiger partial charge in [-0.25, -0.2) is 70.2 Å². The Hall–Kier alpha value is -6.58. The highest BCUT2D eigenvalue weighted by Gasteiger charge is 2.33. The third kappa shape index (κ3) is 11.0. The van der Waals surface area contributed by atoms with Gasteiger partial charge in [0.2, 0.25) is 28.1 Å². The van der Waals surface area contributed by atoms with Crippen molar-refractivity contribution in [1.82, 2.24) is 29.9 Å². The van der Waals surface area contributed by atoms with Crippen molar-refractivity contribution in [3.8, 4) is 34.9 Å². The number of Topliss-reactive ketones (excluding diaryl/α,β-unsaturated/α-hetero) is 1. The monoisotopic (exact) mass is 867 g/mol. The average Bonchev–Trinajstić information content (AvgIpc) is 3.16. The maximum Gasteiger partial charge on any atom is 0.387 e. The highest BCUT2D eigenvalue weighted by Crippen LogP contribution is 2.32. The van der Waals surface area contributed by atoms with Crippen molar-refractivity contribution in [2.75, 3.05) is 19.8 Å². The van der Waals surface area contributed by atoms with Crippen molar-refractivity contribution < 1.29 is 67.8 Å². The third-order valence-electron chi connectivity index (χ3n) is 6.33. The Labute approximate surface area is 327 Å². The van der Waals surface area contributed by atoms with Crippen LogP contribution in [0.2, 0.25) is 10.6 Å². The molecule has 0 aliphatic rings. The Morgan fingerprint density at radius 3 is 1.33 bits per heavy atom. The molecule has 2 atom stereocenters. The van der Waals surface area contributed by atoms with Gasteiger partial charge in [-0.2, -0.15) is 25.5 Å². The number of rotatable bonds is 9. The van der Waals surface area contributed by atoms with Crippen LogP contribution in [0, 0.1) is 87.4 Å². The lowest BCUT2D eigenvalue weighted by Crippen LogP contribution is -2.21. The predicted octanol–water partition coefficient (Wildman–Crippen LogP) is 6.61. The van der Waals surface area contributed by atoms with Crippen molar-refractivity contribution in [2.24, 2.45) is 0 Å². The van der Waals surface area contributed by atoms with E-state index in [1.54, 1.807) is 6.92 Å². The molecule has 0 N–H and O–H groups in total. The lowest BCUT2D eigenvalue weighted by atomic mass is 10.1. The Balaban J connectivity index is 0.000000361. The zero-order valence-corrected chi connectivity index (χ0v) is 30.4. The Bertz CT molecular complexity index is 2320. The molecule has 0 amide bonds. The minimum Gasteiger partial charge on any atom is -0.465 e. The molecule has 2 aromatic carbocycles. The molecule has 0 bridgehead atoms. The zero-order chi connectivity index (χ0) is 44.2. The summed E-state index contributed by atoms with van der Waals surface area (Å²) < 4.78 is 144. The first-order valence-electron chi connectivity index (χ1n) is 15.0. The first kappa shape index (κ1) is 47.6. The topological polar surface area (TPSA) is 199 Å². The number of hydrogen-bond donors (Lipinski definition) is 0. The molecule has 2 unspecified atom stereocenters. The van der Waals surface area contributed by atoms with Crippen LogP contribution in [0.4, 0.5) is 43.9 Å². The molecule has 2 aromatic heterocycles. The molecule has 14 nitrogen and oxygen atoms in total. The van der Waals surface area contributed by atoms with Crippen LogP contribution in [-0.4, -0.2) is 67.4 Å². The van der Waals surface area contributed by atoms with Gasteiger partial charge < -0.3 is 14.3 Å². The third-order valence-corrected chi connectivity index (χ3v) is 6.67. The van der Waals surface area contributed by atoms with Gasteiger partial charge in [0.15, 0.2) is 81.5 Å². The van der Waals surface area contributed by atoms with Gasteiger partial charge in [0.1, 0.15) is 0 Å². The lowest BCUT2D eigenvalue weighted by molar-refractivity contribution is -0.143. The van der Waals surface area contributed by atoms with E-state index in [0.717, 1.165) is 6.92 Å². The second kappa shape index (κ2) is 21.1. The first-order chi connectivity index (χ1) is 27.2. The van der Waals surface area contributed by atoms with Gasteiger partial charge in [-0.1, -0.05) is 0 Å². The summed E-state index contributed by atoms with van der Waals surface area (Å²) in [7, 11) is 0. The van der Waals surface area contributed by atoms with Crippen molar-refractivity contribution >= 4 is 40.9 Å². The van der Waals surface area contributed by atoms with E-state index in [0.29, 0.717) is 6.61 Å². The molecule has 0 saturated heterocycles. The van der Waals surface area contributed by atoms with Crippen molar-refractivity contribution in [3.05, 3.63) is 91.8 Å². The fraction of sp³-hybridized carbons (Fsp3) is 0.250. The smallest absolute Gasteiger partial charge is 0.387 e. The molecule has 0 fully saturated rings. The molecule has 2 heterocycles. The van der Waals surface area contributed by atoms with Crippen LogP contribution < -0.4 is 0 Å². The normalized spacial score (nSPS) is 11.2. The van der Waals surface area contributed by atoms with Crippen LogP contribution in [0.1, 0.15) is 44.3 Å². The zero-order valence-electron chi connectivity index (χ0n) is 28.9. The van der Waals surface area contributed by atoms with Gasteiger partial charge in [0, 0.05) is 0 Å². The molecule has 0 spiro atoms. The minimum atomic E-state index is -2.44. The molecule has 0 aliphatic carbocycles. The van der Waals surface area contributed by atoms with E-state index in [1.165, 1.54) is 19.1 Å². The number of benzene rings is 2. The molecule has 304 valence electrons. The molecule has 4 rings (SSSR count). The summed E-state index contributed by atoms with van der Waals surface area (Å²) in [4.78, 5) is 57.2. The van der Waals surface area contributed by atoms with Gasteiger partial charge in [-0.15, -0.1) is 0 Å². The van der Waals surface area contributed by atoms with Crippen LogP contribution in [0.15, 0.2) is 0 Å². The van der Waals surface area contributed by atoms with E-state index in [9.17, 15) is 68.8 Å². The van der Waals surface area contributed by atoms with Crippen molar-refractivity contribution in [1.29, 1.82) is 10.5 Å². The summed E-state index contributed by atoms with van der Waals surface area (Å²) in [5, 5.41) is 17.3. The maximum absolute atomic E-state index is 14.2. The Kier molecular flexibility index (Phi) is 17.3. The Morgan fingerprint density at radius 1 is 0.621 bits per heavy atom. The number of ketones is 1. The van der Waals surface area contributed by atoms with Crippen LogP contribution in [0.5, 0.6) is 0 Å². The number of carbonyl (C=O) groups excluding carboxylic acids is 3. The van der Waals surface area contributed by atoms with E-state index in [4.69, 9.17) is 29.8 Å². The predicted molar refractivity (Wildman–Crippen MR) is 172 cm³/mol. The lowest BCUT2D eigenvalue weighted by Gasteiger charge is -2.13. The summed E-state index contributed by atoms with van der Waals surface area (Å²) in [6, 6.07) is 2.96. The molecule has 26 heteroatoms. The van der Waals surface area contributed by atoms with Crippen molar-refractivity contribution in [2.45, 2.75) is 32.6 Å². The van der Waals surface area contributed by atoms with Crippen LogP contribution >= 0.6 is 23.2 Å². The molecule has 0 radical (unpaired) electrons. The van der Waals surface area contributed by atoms with Crippen LogP contribution in [0.25, 0.3) is 27.6 Å². The van der Waals surface area contributed by atoms with E-state index in [1.807, 2.05) is 0 Å². The van der Waals surface area contributed by atoms with E-state index in [2.05, 4.69) is 44.2 Å². The average molecular weight is 868 g/mol. The molecular formula is C32H17Cl2F10N9O5. The Morgan fingerprint density at radius 2 is 0.983 bits per heavy atom. The number of nitriles is 2. The van der Waals surface area contributed by atoms with Gasteiger partial charge in [-0.05, 0) is 44.0 Å². The summed E-state index contributed by atoms with van der Waals surface area (Å²) in [6.07, 6.45) is 0. The highest BCUT2D eigenvalue weighted by atomic mass is 35.5. The molecule has 0 aliphatic heterocycles. The summed E-state index contributed by atoms with van der Waals surface area (Å²) in [6.45, 7) is 10.3. The van der Waals surface area contributed by atoms with Crippen LogP contribution in [0.3, 0.4) is 0 Å². The quantitative estimate of drug-likeness (QED) is 0.0573. The highest BCUT2D eigenvalue weighted by molar-refractivity contribution is 6.31. The van der Waals surface area contributed by atoms with Gasteiger partial charge >= 0.3 is 18.5 Å². The van der Waals surface area contributed by atoms with Crippen molar-refractivity contribution in [3.63, 3.8) is 0 Å². The van der Waals surface area contributed by atoms with E-state index >= 15 is 0 Å². The number of esters is 2. The second-order valence-electron chi connectivity index (χ2n) is 10.1. The molecular weight excluding hydrogens is 851 g/mol. The summed E-state index contributed by atoms with van der Waals surface area (Å²) in [5.41, 5.74) is -2.93. The number of aromatic nitrogens is 6. The summed E-state index contributed by atoms with van der Waals surface area (Å²) >= 11 is 10.7. The number of ether oxygens (including phenoxy) is 2. The van der Waals surface area contributed by atoms with Gasteiger partial charge in [0.05, 0.1) is 36.5 Å². The first-order valence-corrected chi connectivity index (χ1v) is 15.8. The number of carbonyl (C=O) groups is 3. The minimum absolute atomic E-state index is 0.159. The van der Waals surface area contributed by atoms with Gasteiger partial charge in [0.25, 0.3) is 0 Å². The SMILES string of the molecule is CCOC(=O)C(C#N)c1nc(-c2c(F)c(F)c(F)c(F)c2F)nc(C(C#N)C(C)=O)n1.Fc1c(F)c(F)c(-c2nc(Cl)nc(Cl)n2)c(F)c1F.[C-]#[N+]CC(=O)OCC. The van der Waals surface area contributed by atoms with Crippen LogP contribution in [-0.2, 0) is 23.9 Å². The fourth-order valence-electron chi connectivity index (χ4n) is 3.86. The van der Waals surface area contributed by atoms with E-state index in [-0.39, 0.29) is 13.2 Å². The van der Waals surface area contributed by atoms with E-state index < -0.39 is 133 Å². The number of nitrogens with zero attached hydrogens (tertiary/aromatic N) is 9. The second-order valence-corrected chi connectivity index (χ2v) is 10.7. The standard InChI is InChI=1S/C18H10F5N5O3.C9Cl2F5N3.C5H7NO2/c1-3-31-18(30)8(5-25)16-26-15(7(4-24)6(2)29)27-17(28-16)9-10(19)12(21)14(23)13(22)11(9)20;10-8-17-7(18-9(11)19-8)1-2(12)4(14)6(16)5(15)3(1)13;1-3-8-5(7)4-6-2/h7-8H,3H2,1-2H3;;3-4H2,1H3. The summed E-state index contributed by atoms with van der Waals surface area (Å²) in [5.74, 6) is -32.1. The largest absolute Gasteiger partial charge is 0.465 e. The number of halogens is 12. The number of hydrogen-bond acceptors (Lipinski definition) is 13.